The average molecular weight is 291 g/mol. The molecule has 5 heteroatoms. The molecule has 4 aliphatic carbocycles. The van der Waals surface area contributed by atoms with Crippen LogP contribution in [-0.2, 0) is 13.8 Å². The molecule has 0 aromatic heterocycles. The fourth-order valence-electron chi connectivity index (χ4n) is 4.93. The van der Waals surface area contributed by atoms with E-state index in [0.29, 0.717) is 17.8 Å². The highest BCUT2D eigenvalue weighted by Crippen LogP contribution is 2.60. The van der Waals surface area contributed by atoms with Crippen molar-refractivity contribution in [1.82, 2.24) is 0 Å². The van der Waals surface area contributed by atoms with Crippen molar-refractivity contribution < 1.29 is 13.2 Å². The first kappa shape index (κ1) is 12.9. The molecule has 4 rings (SSSR count). The van der Waals surface area contributed by atoms with Gasteiger partial charge in [-0.05, 0) is 56.3 Å². The summed E-state index contributed by atoms with van der Waals surface area (Å²) in [6, 6.07) is 0. The van der Waals surface area contributed by atoms with Crippen LogP contribution in [-0.4, -0.2) is 20.0 Å². The molecule has 4 bridgehead atoms. The maximum Gasteiger partial charge on any atom is 0.233 e. The molecule has 0 unspecified atom stereocenters. The molecule has 102 valence electrons. The Kier molecular flexibility index (Phi) is 3.02. The predicted octanol–water partition coefficient (Wildman–Crippen LogP) is 2.73. The van der Waals surface area contributed by atoms with E-state index in [1.807, 2.05) is 0 Å². The lowest BCUT2D eigenvalue weighted by molar-refractivity contribution is -0.143. The van der Waals surface area contributed by atoms with Gasteiger partial charge in [0.2, 0.25) is 9.05 Å². The molecule has 0 atom stereocenters. The van der Waals surface area contributed by atoms with Gasteiger partial charge in [-0.1, -0.05) is 0 Å². The minimum atomic E-state index is -3.54. The third kappa shape index (κ3) is 2.34. The molecule has 4 aliphatic rings. The van der Waals surface area contributed by atoms with E-state index in [1.165, 1.54) is 19.3 Å². The van der Waals surface area contributed by atoms with Crippen LogP contribution in [0.5, 0.6) is 0 Å². The molecule has 4 saturated carbocycles. The maximum absolute atomic E-state index is 12.4. The van der Waals surface area contributed by atoms with Gasteiger partial charge in [0.15, 0.2) is 0 Å². The first-order chi connectivity index (χ1) is 8.36. The molecule has 0 heterocycles. The lowest BCUT2D eigenvalue weighted by Crippen LogP contribution is -2.50. The van der Waals surface area contributed by atoms with Crippen LogP contribution in [0.3, 0.4) is 0 Å². The molecule has 4 fully saturated rings. The average Bonchev–Trinajstić information content (AvgIpc) is 2.22. The van der Waals surface area contributed by atoms with Crippen molar-refractivity contribution in [3.05, 3.63) is 0 Å². The Hall–Kier alpha value is -0.0900. The SMILES string of the molecule is O=C(CCS(=O)(=O)Cl)C12CC3CC(CC(C3)C1)C2. The Labute approximate surface area is 113 Å². The number of carbonyl (C=O) groups is 1. The standard InChI is InChI=1S/C13H19ClO3S/c14-18(16,17)2-1-12(15)13-6-9-3-10(7-13)5-11(4-9)8-13/h9-11H,1-8H2. The van der Waals surface area contributed by atoms with E-state index >= 15 is 0 Å². The summed E-state index contributed by atoms with van der Waals surface area (Å²) >= 11 is 0. The van der Waals surface area contributed by atoms with Crippen LogP contribution in [0.15, 0.2) is 0 Å². The largest absolute Gasteiger partial charge is 0.299 e. The van der Waals surface area contributed by atoms with Crippen molar-refractivity contribution in [3.8, 4) is 0 Å². The van der Waals surface area contributed by atoms with Gasteiger partial charge in [-0.2, -0.15) is 0 Å². The van der Waals surface area contributed by atoms with Gasteiger partial charge in [0.05, 0.1) is 5.75 Å². The summed E-state index contributed by atoms with van der Waals surface area (Å²) in [5.41, 5.74) is -0.184. The minimum Gasteiger partial charge on any atom is -0.299 e. The quantitative estimate of drug-likeness (QED) is 0.748. The first-order valence-electron chi connectivity index (χ1n) is 6.82. The minimum absolute atomic E-state index is 0.109. The number of ketones is 1. The zero-order chi connectivity index (χ0) is 13.0. The topological polar surface area (TPSA) is 51.2 Å². The molecular weight excluding hydrogens is 272 g/mol. The van der Waals surface area contributed by atoms with Crippen LogP contribution < -0.4 is 0 Å². The summed E-state index contributed by atoms with van der Waals surface area (Å²) in [5, 5.41) is 0. The van der Waals surface area contributed by atoms with Gasteiger partial charge >= 0.3 is 0 Å². The smallest absolute Gasteiger partial charge is 0.233 e. The van der Waals surface area contributed by atoms with Crippen molar-refractivity contribution in [2.75, 3.05) is 5.75 Å². The fourth-order valence-corrected chi connectivity index (χ4v) is 5.59. The third-order valence-electron chi connectivity index (χ3n) is 5.20. The Bertz CT molecular complexity index is 433. The second-order valence-corrected chi connectivity index (χ2v) is 9.51. The molecule has 0 N–H and O–H groups in total. The van der Waals surface area contributed by atoms with Crippen molar-refractivity contribution in [2.45, 2.75) is 44.9 Å². The Morgan fingerprint density at radius 3 is 1.89 bits per heavy atom. The molecule has 0 aromatic carbocycles. The molecule has 0 amide bonds. The zero-order valence-corrected chi connectivity index (χ0v) is 12.0. The molecule has 3 nitrogen and oxygen atoms in total. The Morgan fingerprint density at radius 2 is 1.50 bits per heavy atom. The van der Waals surface area contributed by atoms with Crippen molar-refractivity contribution in [1.29, 1.82) is 0 Å². The number of hydrogen-bond acceptors (Lipinski definition) is 3. The van der Waals surface area contributed by atoms with Gasteiger partial charge in [0.1, 0.15) is 5.78 Å². The molecule has 0 aliphatic heterocycles. The number of carbonyl (C=O) groups excluding carboxylic acids is 1. The number of Topliss-reactive ketones (excluding diaryl/α,β-unsaturated/α-hetero) is 1. The van der Waals surface area contributed by atoms with E-state index in [4.69, 9.17) is 10.7 Å². The van der Waals surface area contributed by atoms with Gasteiger partial charge < -0.3 is 0 Å². The van der Waals surface area contributed by atoms with Crippen molar-refractivity contribution in [2.24, 2.45) is 23.2 Å². The highest BCUT2D eigenvalue weighted by Gasteiger charge is 2.53. The second-order valence-electron chi connectivity index (χ2n) is 6.61. The van der Waals surface area contributed by atoms with E-state index in [-0.39, 0.29) is 23.4 Å². The van der Waals surface area contributed by atoms with Gasteiger partial charge in [-0.15, -0.1) is 0 Å². The lowest BCUT2D eigenvalue weighted by atomic mass is 9.48. The second kappa shape index (κ2) is 4.20. The van der Waals surface area contributed by atoms with Gasteiger partial charge in [-0.3, -0.25) is 4.79 Å². The lowest BCUT2D eigenvalue weighted by Gasteiger charge is -2.56. The van der Waals surface area contributed by atoms with Crippen LogP contribution in [0.1, 0.15) is 44.9 Å². The van der Waals surface area contributed by atoms with E-state index in [1.54, 1.807) is 0 Å². The summed E-state index contributed by atoms with van der Waals surface area (Å²) in [7, 11) is 1.67. The van der Waals surface area contributed by atoms with Gasteiger partial charge in [0, 0.05) is 22.5 Å². The van der Waals surface area contributed by atoms with E-state index in [9.17, 15) is 13.2 Å². The van der Waals surface area contributed by atoms with Crippen molar-refractivity contribution in [3.63, 3.8) is 0 Å². The highest BCUT2D eigenvalue weighted by atomic mass is 35.7. The summed E-state index contributed by atoms with van der Waals surface area (Å²) in [4.78, 5) is 12.4. The van der Waals surface area contributed by atoms with Crippen LogP contribution >= 0.6 is 10.7 Å². The Morgan fingerprint density at radius 1 is 1.06 bits per heavy atom. The van der Waals surface area contributed by atoms with Crippen molar-refractivity contribution >= 4 is 25.5 Å². The van der Waals surface area contributed by atoms with E-state index < -0.39 is 9.05 Å². The summed E-state index contributed by atoms with van der Waals surface area (Å²) in [6.07, 6.45) is 6.99. The van der Waals surface area contributed by atoms with Crippen LogP contribution in [0, 0.1) is 23.2 Å². The maximum atomic E-state index is 12.4. The number of halogens is 1. The summed E-state index contributed by atoms with van der Waals surface area (Å²) < 4.78 is 22.0. The van der Waals surface area contributed by atoms with Crippen LogP contribution in [0.25, 0.3) is 0 Å². The van der Waals surface area contributed by atoms with Crippen LogP contribution in [0.4, 0.5) is 0 Å². The first-order valence-corrected chi connectivity index (χ1v) is 9.30. The molecule has 0 radical (unpaired) electrons. The third-order valence-corrected chi connectivity index (χ3v) is 6.36. The predicted molar refractivity (Wildman–Crippen MR) is 69.9 cm³/mol. The molecule has 0 spiro atoms. The number of rotatable bonds is 4. The zero-order valence-electron chi connectivity index (χ0n) is 10.4. The summed E-state index contributed by atoms with van der Waals surface area (Å²) in [5.74, 6) is 2.11. The van der Waals surface area contributed by atoms with Gasteiger partial charge in [0.25, 0.3) is 0 Å². The molecule has 0 aromatic rings. The normalized spacial score (nSPS) is 42.2. The molecular formula is C13H19ClO3S. The van der Waals surface area contributed by atoms with Crippen LogP contribution in [0.2, 0.25) is 0 Å². The molecule has 18 heavy (non-hydrogen) atoms. The fraction of sp³-hybridized carbons (Fsp3) is 0.923. The van der Waals surface area contributed by atoms with Gasteiger partial charge in [-0.25, -0.2) is 8.42 Å². The van der Waals surface area contributed by atoms with E-state index in [0.717, 1.165) is 19.3 Å². The Balaban J connectivity index is 1.73. The number of hydrogen-bond donors (Lipinski definition) is 0. The monoisotopic (exact) mass is 290 g/mol. The molecule has 0 saturated heterocycles. The van der Waals surface area contributed by atoms with E-state index in [2.05, 4.69) is 0 Å². The summed E-state index contributed by atoms with van der Waals surface area (Å²) in [6.45, 7) is 0. The highest BCUT2D eigenvalue weighted by molar-refractivity contribution is 8.13.